The van der Waals surface area contributed by atoms with Crippen LogP contribution in [0.1, 0.15) is 37.3 Å². The van der Waals surface area contributed by atoms with Crippen molar-refractivity contribution in [3.63, 3.8) is 0 Å². The molecule has 0 saturated carbocycles. The van der Waals surface area contributed by atoms with Crippen LogP contribution in [0.2, 0.25) is 0 Å². The predicted octanol–water partition coefficient (Wildman–Crippen LogP) is 2.79. The fourth-order valence-electron chi connectivity index (χ4n) is 4.91. The maximum absolute atomic E-state index is 13.5. The quantitative estimate of drug-likeness (QED) is 0.375. The van der Waals surface area contributed by atoms with Gasteiger partial charge in [0.1, 0.15) is 19.1 Å². The standard InChI is InChI=1S/C26H30NO3.C2HF3O2/c1-2-3-10-17-27-18-15-21(16-19-27)24(20-27)30-25(28)26(29,22-11-6-4-7-12-22)23-13-8-5-9-14-23;3-2(4,5)1(6)7/h4-9,11-14,21,24,29H,2,15-20H2,1H3;(H,6,7)/q+1;/p-1/t21?,24-,27?;/m0./s1. The second kappa shape index (κ2) is 11.8. The maximum Gasteiger partial charge on any atom is 0.430 e. The summed E-state index contributed by atoms with van der Waals surface area (Å²) in [5.41, 5.74) is -0.762. The van der Waals surface area contributed by atoms with Crippen LogP contribution < -0.4 is 5.11 Å². The van der Waals surface area contributed by atoms with Crippen molar-refractivity contribution in [3.8, 4) is 11.8 Å². The second-order valence-electron chi connectivity index (χ2n) is 9.35. The number of rotatable bonds is 5. The molecule has 37 heavy (non-hydrogen) atoms. The minimum Gasteiger partial charge on any atom is -0.542 e. The first-order valence-corrected chi connectivity index (χ1v) is 12.2. The van der Waals surface area contributed by atoms with Gasteiger partial charge in [-0.2, -0.15) is 13.2 Å². The number of esters is 1. The number of piperidine rings is 3. The Morgan fingerprint density at radius 2 is 1.49 bits per heavy atom. The molecule has 3 aliphatic heterocycles. The summed E-state index contributed by atoms with van der Waals surface area (Å²) in [6.07, 6.45) is -2.42. The van der Waals surface area contributed by atoms with Crippen molar-refractivity contribution in [2.45, 2.75) is 44.1 Å². The van der Waals surface area contributed by atoms with E-state index in [1.807, 2.05) is 36.4 Å². The van der Waals surface area contributed by atoms with Gasteiger partial charge in [-0.05, 0) is 17.0 Å². The van der Waals surface area contributed by atoms with Gasteiger partial charge in [-0.25, -0.2) is 4.79 Å². The highest BCUT2D eigenvalue weighted by molar-refractivity contribution is 5.85. The number of hydrogen-bond acceptors (Lipinski definition) is 5. The molecule has 0 amide bonds. The van der Waals surface area contributed by atoms with Crippen LogP contribution in [0.4, 0.5) is 13.2 Å². The lowest BCUT2D eigenvalue weighted by atomic mass is 9.82. The van der Waals surface area contributed by atoms with Crippen LogP contribution in [0.15, 0.2) is 60.7 Å². The van der Waals surface area contributed by atoms with Crippen molar-refractivity contribution >= 4 is 11.9 Å². The zero-order valence-electron chi connectivity index (χ0n) is 20.5. The molecular weight excluding hydrogens is 487 g/mol. The fraction of sp³-hybridized carbons (Fsp3) is 0.429. The smallest absolute Gasteiger partial charge is 0.430 e. The third-order valence-corrected chi connectivity index (χ3v) is 6.93. The average Bonchev–Trinajstić information content (AvgIpc) is 2.90. The number of hydrogen-bond donors (Lipinski definition) is 1. The number of carboxylic acid groups (broad SMARTS) is 1. The molecule has 198 valence electrons. The molecule has 2 aromatic rings. The SMILES string of the molecule is CCC#CC[N+]12CCC(CC1)[C@@H](OC(=O)C(O)(c1ccccc1)c1ccccc1)C2.O=C([O-])C(F)(F)F. The number of nitrogens with zero attached hydrogens (tertiary/aromatic N) is 1. The van der Waals surface area contributed by atoms with Gasteiger partial charge in [-0.1, -0.05) is 73.5 Å². The molecular formula is C28H30F3NO5. The summed E-state index contributed by atoms with van der Waals surface area (Å²) in [4.78, 5) is 22.3. The Kier molecular flexibility index (Phi) is 9.00. The summed E-state index contributed by atoms with van der Waals surface area (Å²) in [6.45, 7) is 5.86. The van der Waals surface area contributed by atoms with E-state index >= 15 is 0 Å². The summed E-state index contributed by atoms with van der Waals surface area (Å²) in [5, 5.41) is 20.4. The van der Waals surface area contributed by atoms with Crippen molar-refractivity contribution < 1.29 is 42.2 Å². The third-order valence-electron chi connectivity index (χ3n) is 6.93. The third kappa shape index (κ3) is 6.70. The fourth-order valence-corrected chi connectivity index (χ4v) is 4.91. The van der Waals surface area contributed by atoms with Gasteiger partial charge in [0.25, 0.3) is 0 Å². The summed E-state index contributed by atoms with van der Waals surface area (Å²) in [5.74, 6) is 3.26. The zero-order valence-corrected chi connectivity index (χ0v) is 20.5. The van der Waals surface area contributed by atoms with E-state index in [1.54, 1.807) is 24.3 Å². The van der Waals surface area contributed by atoms with E-state index < -0.39 is 23.7 Å². The van der Waals surface area contributed by atoms with E-state index in [4.69, 9.17) is 14.6 Å². The number of benzene rings is 2. The van der Waals surface area contributed by atoms with Gasteiger partial charge < -0.3 is 24.2 Å². The van der Waals surface area contributed by atoms with E-state index in [2.05, 4.69) is 18.8 Å². The monoisotopic (exact) mass is 517 g/mol. The van der Waals surface area contributed by atoms with Crippen molar-refractivity contribution in [1.29, 1.82) is 0 Å². The van der Waals surface area contributed by atoms with Gasteiger partial charge in [0.2, 0.25) is 5.60 Å². The van der Waals surface area contributed by atoms with Crippen LogP contribution in [0, 0.1) is 17.8 Å². The van der Waals surface area contributed by atoms with Gasteiger partial charge in [0, 0.05) is 25.2 Å². The summed E-state index contributed by atoms with van der Waals surface area (Å²) >= 11 is 0. The molecule has 2 aromatic carbocycles. The van der Waals surface area contributed by atoms with Gasteiger partial charge in [-0.15, -0.1) is 0 Å². The first-order chi connectivity index (χ1) is 17.5. The Bertz CT molecular complexity index is 1080. The number of quaternary nitrogens is 1. The van der Waals surface area contributed by atoms with Crippen LogP contribution in [-0.2, 0) is 19.9 Å². The van der Waals surface area contributed by atoms with E-state index in [9.17, 15) is 23.1 Å². The molecule has 9 heteroatoms. The summed E-state index contributed by atoms with van der Waals surface area (Å²) in [7, 11) is 0. The summed E-state index contributed by atoms with van der Waals surface area (Å²) < 4.78 is 38.5. The molecule has 5 rings (SSSR count). The van der Waals surface area contributed by atoms with Gasteiger partial charge >= 0.3 is 12.1 Å². The van der Waals surface area contributed by atoms with Crippen LogP contribution in [0.5, 0.6) is 0 Å². The topological polar surface area (TPSA) is 86.7 Å². The van der Waals surface area contributed by atoms with Gasteiger partial charge in [0.15, 0.2) is 6.10 Å². The van der Waals surface area contributed by atoms with Crippen molar-refractivity contribution in [2.24, 2.45) is 5.92 Å². The number of halogens is 3. The van der Waals surface area contributed by atoms with Crippen LogP contribution >= 0.6 is 0 Å². The lowest BCUT2D eigenvalue weighted by molar-refractivity contribution is -0.939. The van der Waals surface area contributed by atoms with Crippen LogP contribution in [-0.4, -0.2) is 60.0 Å². The first kappa shape index (κ1) is 28.2. The Labute approximate surface area is 214 Å². The highest BCUT2D eigenvalue weighted by Gasteiger charge is 2.50. The molecule has 3 heterocycles. The van der Waals surface area contributed by atoms with Crippen molar-refractivity contribution in [3.05, 3.63) is 71.8 Å². The number of fused-ring (bicyclic) bond motifs is 3. The molecule has 3 saturated heterocycles. The number of carbonyl (C=O) groups is 2. The minimum atomic E-state index is -5.19. The Morgan fingerprint density at radius 3 is 1.92 bits per heavy atom. The average molecular weight is 518 g/mol. The van der Waals surface area contributed by atoms with E-state index in [-0.39, 0.29) is 6.10 Å². The number of carbonyl (C=O) groups excluding carboxylic acids is 2. The van der Waals surface area contributed by atoms with Crippen LogP contribution in [0.3, 0.4) is 0 Å². The lowest BCUT2D eigenvalue weighted by Crippen LogP contribution is -2.65. The predicted molar refractivity (Wildman–Crippen MR) is 127 cm³/mol. The largest absolute Gasteiger partial charge is 0.542 e. The van der Waals surface area contributed by atoms with Crippen molar-refractivity contribution in [2.75, 3.05) is 26.2 Å². The number of ether oxygens (including phenoxy) is 1. The van der Waals surface area contributed by atoms with Crippen LogP contribution in [0.25, 0.3) is 0 Å². The molecule has 2 bridgehead atoms. The Hall–Kier alpha value is -3.35. The number of alkyl halides is 3. The molecule has 0 unspecified atom stereocenters. The number of carboxylic acids is 1. The lowest BCUT2D eigenvalue weighted by Gasteiger charge is -2.51. The van der Waals surface area contributed by atoms with Crippen molar-refractivity contribution in [1.82, 2.24) is 0 Å². The highest BCUT2D eigenvalue weighted by atomic mass is 19.4. The van der Waals surface area contributed by atoms with E-state index in [1.165, 1.54) is 0 Å². The molecule has 1 atom stereocenters. The first-order valence-electron chi connectivity index (χ1n) is 12.2. The maximum atomic E-state index is 13.5. The second-order valence-corrected chi connectivity index (χ2v) is 9.35. The molecule has 6 nitrogen and oxygen atoms in total. The number of aliphatic carboxylic acids is 1. The van der Waals surface area contributed by atoms with E-state index in [0.29, 0.717) is 17.0 Å². The van der Waals surface area contributed by atoms with Gasteiger partial charge in [0.05, 0.1) is 13.1 Å². The molecule has 1 N–H and O–H groups in total. The normalized spacial score (nSPS) is 22.6. The van der Waals surface area contributed by atoms with Gasteiger partial charge in [-0.3, -0.25) is 0 Å². The molecule has 3 aliphatic rings. The Balaban J connectivity index is 0.000000479. The zero-order chi connectivity index (χ0) is 27.1. The molecule has 0 radical (unpaired) electrons. The molecule has 3 fully saturated rings. The highest BCUT2D eigenvalue weighted by Crippen LogP contribution is 2.38. The number of aliphatic hydroxyl groups is 1. The minimum absolute atomic E-state index is 0.178. The Morgan fingerprint density at radius 1 is 1.00 bits per heavy atom. The summed E-state index contributed by atoms with van der Waals surface area (Å²) in [6, 6.07) is 18.2. The molecule has 0 aliphatic carbocycles. The van der Waals surface area contributed by atoms with E-state index in [0.717, 1.165) is 49.9 Å². The molecule has 0 aromatic heterocycles. The molecule has 0 spiro atoms.